The maximum absolute atomic E-state index is 12.2. The number of alkyl halides is 3. The van der Waals surface area contributed by atoms with Gasteiger partial charge in [0.1, 0.15) is 5.69 Å². The van der Waals surface area contributed by atoms with Crippen molar-refractivity contribution < 1.29 is 17.9 Å². The van der Waals surface area contributed by atoms with E-state index in [-0.39, 0.29) is 22.9 Å². The Morgan fingerprint density at radius 1 is 1.26 bits per heavy atom. The van der Waals surface area contributed by atoms with E-state index in [1.54, 1.807) is 18.2 Å². The number of halogens is 5. The van der Waals surface area contributed by atoms with Crippen molar-refractivity contribution in [2.24, 2.45) is 0 Å². The molecule has 0 spiro atoms. The zero-order valence-corrected chi connectivity index (χ0v) is 10.8. The van der Waals surface area contributed by atoms with E-state index in [9.17, 15) is 13.2 Å². The Labute approximate surface area is 116 Å². The quantitative estimate of drug-likeness (QED) is 0.922. The summed E-state index contributed by atoms with van der Waals surface area (Å²) >= 11 is 11.8. The molecule has 0 fully saturated rings. The Hall–Kier alpha value is -1.40. The molecule has 0 aliphatic carbocycles. The number of nitrogens with one attached hydrogen (secondary N) is 1. The van der Waals surface area contributed by atoms with E-state index in [2.05, 4.69) is 14.9 Å². The molecular weight excluding hydrogens is 304 g/mol. The topological polar surface area (TPSA) is 37.9 Å². The van der Waals surface area contributed by atoms with E-state index in [4.69, 9.17) is 23.2 Å². The molecule has 1 heterocycles. The first-order chi connectivity index (χ1) is 8.87. The molecule has 1 aromatic heterocycles. The standard InChI is InChI=1S/C11H7Cl2F3N2O/c12-7-3-1-2-6(10(7)13)4-8-9(5-17-18-8)19-11(14,15)16/h1-3,5H,4H2,(H,17,18). The van der Waals surface area contributed by atoms with Crippen LogP contribution in [0.2, 0.25) is 10.0 Å². The summed E-state index contributed by atoms with van der Waals surface area (Å²) in [5, 5.41) is 6.65. The van der Waals surface area contributed by atoms with Crippen molar-refractivity contribution in [3.8, 4) is 5.75 Å². The molecule has 102 valence electrons. The molecule has 0 radical (unpaired) electrons. The fourth-order valence-electron chi connectivity index (χ4n) is 1.51. The summed E-state index contributed by atoms with van der Waals surface area (Å²) in [5.41, 5.74) is 0.662. The first kappa shape index (κ1) is 14.0. The Kier molecular flexibility index (Phi) is 3.91. The van der Waals surface area contributed by atoms with Gasteiger partial charge in [-0.2, -0.15) is 5.10 Å². The summed E-state index contributed by atoms with van der Waals surface area (Å²) in [6.07, 6.45) is -3.66. The summed E-state index contributed by atoms with van der Waals surface area (Å²) in [6, 6.07) is 4.89. The molecule has 0 amide bonds. The number of rotatable bonds is 3. The van der Waals surface area contributed by atoms with E-state index in [0.717, 1.165) is 6.20 Å². The van der Waals surface area contributed by atoms with E-state index in [1.807, 2.05) is 0 Å². The van der Waals surface area contributed by atoms with Crippen LogP contribution in [0.5, 0.6) is 5.75 Å². The van der Waals surface area contributed by atoms with Gasteiger partial charge in [0.2, 0.25) is 0 Å². The highest BCUT2D eigenvalue weighted by Gasteiger charge is 2.32. The summed E-state index contributed by atoms with van der Waals surface area (Å²) < 4.78 is 40.4. The van der Waals surface area contributed by atoms with Crippen LogP contribution in [0.25, 0.3) is 0 Å². The number of hydrogen-bond donors (Lipinski definition) is 1. The Balaban J connectivity index is 2.25. The Morgan fingerprint density at radius 2 is 2.00 bits per heavy atom. The van der Waals surface area contributed by atoms with Crippen LogP contribution in [0.3, 0.4) is 0 Å². The van der Waals surface area contributed by atoms with Gasteiger partial charge >= 0.3 is 6.36 Å². The third-order valence-corrected chi connectivity index (χ3v) is 3.15. The van der Waals surface area contributed by atoms with Crippen molar-refractivity contribution in [3.05, 3.63) is 45.7 Å². The summed E-state index contributed by atoms with van der Waals surface area (Å²) in [4.78, 5) is 0. The minimum atomic E-state index is -4.77. The van der Waals surface area contributed by atoms with Gasteiger partial charge in [-0.15, -0.1) is 13.2 Å². The molecule has 8 heteroatoms. The van der Waals surface area contributed by atoms with Gasteiger partial charge < -0.3 is 4.74 Å². The lowest BCUT2D eigenvalue weighted by Crippen LogP contribution is -2.17. The van der Waals surface area contributed by atoms with Crippen molar-refractivity contribution in [2.75, 3.05) is 0 Å². The van der Waals surface area contributed by atoms with Crippen LogP contribution in [-0.2, 0) is 6.42 Å². The van der Waals surface area contributed by atoms with E-state index >= 15 is 0 Å². The highest BCUT2D eigenvalue weighted by Crippen LogP contribution is 2.30. The highest BCUT2D eigenvalue weighted by molar-refractivity contribution is 6.42. The Morgan fingerprint density at radius 3 is 2.68 bits per heavy atom. The molecule has 2 aromatic rings. The number of aromatic amines is 1. The molecule has 1 aromatic carbocycles. The van der Waals surface area contributed by atoms with Gasteiger partial charge in [0.05, 0.1) is 16.2 Å². The third-order valence-electron chi connectivity index (χ3n) is 2.29. The maximum Gasteiger partial charge on any atom is 0.573 e. The fourth-order valence-corrected chi connectivity index (χ4v) is 1.90. The molecule has 19 heavy (non-hydrogen) atoms. The minimum absolute atomic E-state index is 0.0777. The number of benzene rings is 1. The van der Waals surface area contributed by atoms with E-state index in [0.29, 0.717) is 10.6 Å². The second-order valence-electron chi connectivity index (χ2n) is 3.63. The molecule has 2 rings (SSSR count). The first-order valence-electron chi connectivity index (χ1n) is 5.08. The molecule has 0 saturated heterocycles. The molecule has 3 nitrogen and oxygen atoms in total. The van der Waals surface area contributed by atoms with Crippen LogP contribution < -0.4 is 4.74 Å². The second-order valence-corrected chi connectivity index (χ2v) is 4.42. The maximum atomic E-state index is 12.2. The van der Waals surface area contributed by atoms with Crippen LogP contribution in [0.1, 0.15) is 11.3 Å². The lowest BCUT2D eigenvalue weighted by atomic mass is 10.1. The number of H-pyrrole nitrogens is 1. The van der Waals surface area contributed by atoms with Crippen molar-refractivity contribution in [1.29, 1.82) is 0 Å². The molecule has 0 bridgehead atoms. The number of aromatic nitrogens is 2. The van der Waals surface area contributed by atoms with E-state index in [1.165, 1.54) is 0 Å². The fraction of sp³-hybridized carbons (Fsp3) is 0.182. The largest absolute Gasteiger partial charge is 0.573 e. The average Bonchev–Trinajstić information content (AvgIpc) is 2.70. The predicted molar refractivity (Wildman–Crippen MR) is 64.5 cm³/mol. The van der Waals surface area contributed by atoms with Crippen molar-refractivity contribution >= 4 is 23.2 Å². The van der Waals surface area contributed by atoms with Crippen molar-refractivity contribution in [3.63, 3.8) is 0 Å². The molecule has 1 N–H and O–H groups in total. The van der Waals surface area contributed by atoms with Crippen LogP contribution in [0.4, 0.5) is 13.2 Å². The predicted octanol–water partition coefficient (Wildman–Crippen LogP) is 4.21. The van der Waals surface area contributed by atoms with Gasteiger partial charge in [-0.25, -0.2) is 0 Å². The Bertz CT molecular complexity index is 584. The van der Waals surface area contributed by atoms with Gasteiger partial charge in [-0.05, 0) is 11.6 Å². The monoisotopic (exact) mass is 310 g/mol. The molecule has 0 aliphatic rings. The molecule has 0 atom stereocenters. The van der Waals surface area contributed by atoms with Crippen LogP contribution in [-0.4, -0.2) is 16.6 Å². The highest BCUT2D eigenvalue weighted by atomic mass is 35.5. The lowest BCUT2D eigenvalue weighted by Gasteiger charge is -2.09. The van der Waals surface area contributed by atoms with Gasteiger partial charge in [0.15, 0.2) is 5.75 Å². The third kappa shape index (κ3) is 3.54. The SMILES string of the molecule is FC(F)(F)Oc1c[nH]nc1Cc1cccc(Cl)c1Cl. The summed E-state index contributed by atoms with van der Waals surface area (Å²) in [5.74, 6) is -0.386. The summed E-state index contributed by atoms with van der Waals surface area (Å²) in [7, 11) is 0. The smallest absolute Gasteiger partial charge is 0.402 e. The number of ether oxygens (including phenoxy) is 1. The number of nitrogens with zero attached hydrogens (tertiary/aromatic N) is 1. The van der Waals surface area contributed by atoms with E-state index < -0.39 is 6.36 Å². The lowest BCUT2D eigenvalue weighted by molar-refractivity contribution is -0.274. The normalized spacial score (nSPS) is 11.6. The molecular formula is C11H7Cl2F3N2O. The molecule has 0 aliphatic heterocycles. The zero-order chi connectivity index (χ0) is 14.0. The minimum Gasteiger partial charge on any atom is -0.402 e. The first-order valence-corrected chi connectivity index (χ1v) is 5.83. The van der Waals surface area contributed by atoms with Gasteiger partial charge in [0.25, 0.3) is 0 Å². The second kappa shape index (κ2) is 5.30. The van der Waals surface area contributed by atoms with Gasteiger partial charge in [-0.1, -0.05) is 35.3 Å². The zero-order valence-electron chi connectivity index (χ0n) is 9.26. The molecule has 0 saturated carbocycles. The van der Waals surface area contributed by atoms with Crippen LogP contribution in [0.15, 0.2) is 24.4 Å². The van der Waals surface area contributed by atoms with Gasteiger partial charge in [0, 0.05) is 6.42 Å². The summed E-state index contributed by atoms with van der Waals surface area (Å²) in [6.45, 7) is 0. The van der Waals surface area contributed by atoms with Crippen LogP contribution in [0, 0.1) is 0 Å². The van der Waals surface area contributed by atoms with Crippen LogP contribution >= 0.6 is 23.2 Å². The van der Waals surface area contributed by atoms with Crippen molar-refractivity contribution in [2.45, 2.75) is 12.8 Å². The molecule has 0 unspecified atom stereocenters. The number of hydrogen-bond acceptors (Lipinski definition) is 2. The van der Waals surface area contributed by atoms with Gasteiger partial charge in [-0.3, -0.25) is 5.10 Å². The average molecular weight is 311 g/mol. The van der Waals surface area contributed by atoms with Crippen molar-refractivity contribution in [1.82, 2.24) is 10.2 Å².